The van der Waals surface area contributed by atoms with Gasteiger partial charge in [-0.3, -0.25) is 0 Å². The monoisotopic (exact) mass is 431 g/mol. The summed E-state index contributed by atoms with van der Waals surface area (Å²) in [6.45, 7) is 6.66. The van der Waals surface area contributed by atoms with Gasteiger partial charge in [0.15, 0.2) is 0 Å². The normalized spacial score (nSPS) is 11.6. The van der Waals surface area contributed by atoms with Crippen LogP contribution in [0.4, 0.5) is 0 Å². The quantitative estimate of drug-likeness (QED) is 0.153. The Labute approximate surface area is 192 Å². The van der Waals surface area contributed by atoms with E-state index >= 15 is 0 Å². The van der Waals surface area contributed by atoms with E-state index in [-0.39, 0.29) is 11.6 Å². The Balaban J connectivity index is 2.40. The van der Waals surface area contributed by atoms with E-state index in [4.69, 9.17) is 4.74 Å². The molecule has 0 saturated heterocycles. The van der Waals surface area contributed by atoms with Gasteiger partial charge >= 0.3 is 5.97 Å². The largest absolute Gasteiger partial charge is 0.455 e. The number of nitrogens with zero attached hydrogens (tertiary/aromatic N) is 1. The first-order valence-corrected chi connectivity index (χ1v) is 13.3. The molecule has 0 amide bonds. The van der Waals surface area contributed by atoms with Gasteiger partial charge in [-0.15, -0.1) is 0 Å². The van der Waals surface area contributed by atoms with E-state index in [9.17, 15) is 4.79 Å². The lowest BCUT2D eigenvalue weighted by Crippen LogP contribution is -2.32. The summed E-state index contributed by atoms with van der Waals surface area (Å²) in [4.78, 5) is 16.8. The fourth-order valence-corrected chi connectivity index (χ4v) is 4.25. The van der Waals surface area contributed by atoms with Crippen molar-refractivity contribution in [1.29, 1.82) is 0 Å². The third kappa shape index (κ3) is 14.3. The molecule has 0 fully saturated rings. The van der Waals surface area contributed by atoms with Crippen molar-refractivity contribution in [2.24, 2.45) is 0 Å². The summed E-state index contributed by atoms with van der Waals surface area (Å²) in [5.74, 6) is -0.276. The van der Waals surface area contributed by atoms with Crippen LogP contribution in [0, 0.1) is 0 Å². The fourth-order valence-electron chi connectivity index (χ4n) is 4.25. The maximum Gasteiger partial charge on any atom is 0.357 e. The average Bonchev–Trinajstić information content (AvgIpc) is 2.78. The van der Waals surface area contributed by atoms with Gasteiger partial charge in [-0.1, -0.05) is 110 Å². The summed E-state index contributed by atoms with van der Waals surface area (Å²) in [5, 5.41) is 0. The molecular formula is C28H49NO2. The number of unbranched alkanes of at least 4 members (excludes halogenated alkanes) is 14. The van der Waals surface area contributed by atoms with E-state index in [1.165, 1.54) is 89.9 Å². The number of carbonyl (C=O) groups is 1. The molecule has 1 aromatic rings. The SMILES string of the molecule is CCCCCCCCCCC(C)(CCCCCCCCCC)OC(=O)c1ccccn1. The van der Waals surface area contributed by atoms with Crippen molar-refractivity contribution in [3.8, 4) is 0 Å². The van der Waals surface area contributed by atoms with E-state index in [1.54, 1.807) is 12.3 Å². The Hall–Kier alpha value is -1.38. The van der Waals surface area contributed by atoms with E-state index in [0.29, 0.717) is 5.69 Å². The standard InChI is InChI=1S/C28H49NO2/c1-4-6-8-10-12-14-16-19-23-28(3,24-20-17-15-13-11-9-7-5-2)31-27(30)26-22-18-21-25-29-26/h18,21-22,25H,4-17,19-20,23-24H2,1-3H3. The number of rotatable bonds is 20. The molecule has 0 atom stereocenters. The van der Waals surface area contributed by atoms with Gasteiger partial charge in [0, 0.05) is 6.20 Å². The van der Waals surface area contributed by atoms with Crippen LogP contribution in [0.25, 0.3) is 0 Å². The minimum atomic E-state index is -0.376. The number of hydrogen-bond donors (Lipinski definition) is 0. The van der Waals surface area contributed by atoms with Crippen LogP contribution in [0.5, 0.6) is 0 Å². The van der Waals surface area contributed by atoms with Crippen LogP contribution in [0.3, 0.4) is 0 Å². The Morgan fingerprint density at radius 3 is 1.61 bits per heavy atom. The van der Waals surface area contributed by atoms with Crippen molar-refractivity contribution < 1.29 is 9.53 Å². The zero-order valence-corrected chi connectivity index (χ0v) is 20.8. The third-order valence-electron chi connectivity index (χ3n) is 6.33. The smallest absolute Gasteiger partial charge is 0.357 e. The molecule has 0 radical (unpaired) electrons. The lowest BCUT2D eigenvalue weighted by atomic mass is 9.91. The summed E-state index contributed by atoms with van der Waals surface area (Å²) in [5.41, 5.74) is 0.0412. The number of carbonyl (C=O) groups excluding carboxylic acids is 1. The van der Waals surface area contributed by atoms with Crippen LogP contribution in [0.15, 0.2) is 24.4 Å². The molecule has 0 aliphatic carbocycles. The molecule has 0 saturated carbocycles. The summed E-state index contributed by atoms with van der Waals surface area (Å²) in [6.07, 6.45) is 24.4. The highest BCUT2D eigenvalue weighted by molar-refractivity contribution is 5.87. The van der Waals surface area contributed by atoms with Crippen molar-refractivity contribution >= 4 is 5.97 Å². The van der Waals surface area contributed by atoms with Crippen LogP contribution in [0.1, 0.15) is 147 Å². The van der Waals surface area contributed by atoms with Gasteiger partial charge in [-0.2, -0.15) is 0 Å². The van der Waals surface area contributed by atoms with Crippen LogP contribution in [-0.4, -0.2) is 16.6 Å². The molecule has 3 nitrogen and oxygen atoms in total. The maximum absolute atomic E-state index is 12.6. The molecule has 0 aromatic carbocycles. The van der Waals surface area contributed by atoms with E-state index < -0.39 is 0 Å². The van der Waals surface area contributed by atoms with Gasteiger partial charge in [0.1, 0.15) is 11.3 Å². The molecule has 1 rings (SSSR count). The van der Waals surface area contributed by atoms with Crippen molar-refractivity contribution in [2.75, 3.05) is 0 Å². The van der Waals surface area contributed by atoms with Gasteiger partial charge in [0.25, 0.3) is 0 Å². The zero-order valence-electron chi connectivity index (χ0n) is 20.8. The second-order valence-corrected chi connectivity index (χ2v) is 9.50. The summed E-state index contributed by atoms with van der Waals surface area (Å²) >= 11 is 0. The lowest BCUT2D eigenvalue weighted by Gasteiger charge is -2.30. The highest BCUT2D eigenvalue weighted by atomic mass is 16.6. The van der Waals surface area contributed by atoms with Gasteiger partial charge in [0.2, 0.25) is 0 Å². The predicted molar refractivity (Wildman–Crippen MR) is 133 cm³/mol. The van der Waals surface area contributed by atoms with Gasteiger partial charge in [-0.25, -0.2) is 9.78 Å². The van der Waals surface area contributed by atoms with E-state index in [2.05, 4.69) is 25.8 Å². The first kappa shape index (κ1) is 27.7. The highest BCUT2D eigenvalue weighted by Gasteiger charge is 2.28. The Kier molecular flexibility index (Phi) is 16.3. The molecule has 1 aromatic heterocycles. The first-order valence-electron chi connectivity index (χ1n) is 13.3. The minimum absolute atomic E-state index is 0.276. The lowest BCUT2D eigenvalue weighted by molar-refractivity contribution is -0.0205. The molecule has 0 aliphatic rings. The molecule has 0 aliphatic heterocycles. The van der Waals surface area contributed by atoms with Crippen LogP contribution < -0.4 is 0 Å². The fraction of sp³-hybridized carbons (Fsp3) is 0.786. The minimum Gasteiger partial charge on any atom is -0.455 e. The number of esters is 1. The molecule has 0 unspecified atom stereocenters. The van der Waals surface area contributed by atoms with Gasteiger partial charge in [-0.05, 0) is 44.7 Å². The summed E-state index contributed by atoms with van der Waals surface area (Å²) < 4.78 is 6.04. The highest BCUT2D eigenvalue weighted by Crippen LogP contribution is 2.28. The molecule has 0 N–H and O–H groups in total. The molecule has 178 valence electrons. The Morgan fingerprint density at radius 1 is 0.742 bits per heavy atom. The number of aromatic nitrogens is 1. The predicted octanol–water partition coefficient (Wildman–Crippen LogP) is 9.06. The van der Waals surface area contributed by atoms with Crippen molar-refractivity contribution in [3.05, 3.63) is 30.1 Å². The van der Waals surface area contributed by atoms with Crippen molar-refractivity contribution in [2.45, 2.75) is 142 Å². The maximum atomic E-state index is 12.6. The van der Waals surface area contributed by atoms with E-state index in [1.807, 2.05) is 12.1 Å². The molecule has 1 heterocycles. The van der Waals surface area contributed by atoms with Crippen LogP contribution in [0.2, 0.25) is 0 Å². The second kappa shape index (κ2) is 18.2. The van der Waals surface area contributed by atoms with E-state index in [0.717, 1.165) is 25.7 Å². The summed E-state index contributed by atoms with van der Waals surface area (Å²) in [7, 11) is 0. The van der Waals surface area contributed by atoms with Gasteiger partial charge in [0.05, 0.1) is 0 Å². The number of hydrogen-bond acceptors (Lipinski definition) is 3. The van der Waals surface area contributed by atoms with Crippen LogP contribution >= 0.6 is 0 Å². The first-order chi connectivity index (χ1) is 15.1. The number of ether oxygens (including phenoxy) is 1. The molecule has 3 heteroatoms. The molecule has 31 heavy (non-hydrogen) atoms. The van der Waals surface area contributed by atoms with Crippen molar-refractivity contribution in [3.63, 3.8) is 0 Å². The Morgan fingerprint density at radius 2 is 1.19 bits per heavy atom. The van der Waals surface area contributed by atoms with Crippen LogP contribution in [-0.2, 0) is 4.74 Å². The topological polar surface area (TPSA) is 39.2 Å². The summed E-state index contributed by atoms with van der Waals surface area (Å²) in [6, 6.07) is 5.42. The van der Waals surface area contributed by atoms with Crippen molar-refractivity contribution in [1.82, 2.24) is 4.98 Å². The molecular weight excluding hydrogens is 382 g/mol. The Bertz CT molecular complexity index is 523. The number of pyridine rings is 1. The zero-order chi connectivity index (χ0) is 22.6. The molecule has 0 spiro atoms. The second-order valence-electron chi connectivity index (χ2n) is 9.50. The average molecular weight is 432 g/mol. The van der Waals surface area contributed by atoms with Gasteiger partial charge < -0.3 is 4.74 Å². The molecule has 0 bridgehead atoms. The third-order valence-corrected chi connectivity index (χ3v) is 6.33.